The molecule has 10 nitrogen and oxygen atoms in total. The third kappa shape index (κ3) is 8.66. The molecule has 0 saturated carbocycles. The van der Waals surface area contributed by atoms with Gasteiger partial charge in [-0.2, -0.15) is 13.2 Å². The minimum atomic E-state index is -4.90. The average Bonchev–Trinajstić information content (AvgIpc) is 2.97. The fourth-order valence-corrected chi connectivity index (χ4v) is 3.77. The van der Waals surface area contributed by atoms with Gasteiger partial charge in [0.2, 0.25) is 5.88 Å². The molecule has 1 aromatic heterocycles. The van der Waals surface area contributed by atoms with E-state index in [9.17, 15) is 22.4 Å². The van der Waals surface area contributed by atoms with Crippen molar-refractivity contribution >= 4 is 28.3 Å². The van der Waals surface area contributed by atoms with Gasteiger partial charge in [-0.1, -0.05) is 0 Å². The predicted octanol–water partition coefficient (Wildman–Crippen LogP) is 6.66. The van der Waals surface area contributed by atoms with Gasteiger partial charge in [0.1, 0.15) is 31.1 Å². The summed E-state index contributed by atoms with van der Waals surface area (Å²) in [6.45, 7) is 3.82. The summed E-state index contributed by atoms with van der Waals surface area (Å²) in [6.07, 6.45) is -3.56. The number of methoxy groups -OCH3 is 1. The van der Waals surface area contributed by atoms with Crippen molar-refractivity contribution in [2.24, 2.45) is 0 Å². The molecular weight excluding hydrogens is 576 g/mol. The number of alkyl halides is 3. The van der Waals surface area contributed by atoms with Crippen LogP contribution in [-0.2, 0) is 15.7 Å². The lowest BCUT2D eigenvalue weighted by molar-refractivity contribution is -0.139. The molecule has 228 valence electrons. The van der Waals surface area contributed by atoms with Crippen LogP contribution in [-0.4, -0.2) is 56.1 Å². The molecule has 0 bridgehead atoms. The zero-order chi connectivity index (χ0) is 30.8. The third-order valence-electron chi connectivity index (χ3n) is 5.75. The van der Waals surface area contributed by atoms with Crippen LogP contribution in [0, 0.1) is 5.82 Å². The first kappa shape index (κ1) is 31.3. The maximum absolute atomic E-state index is 13.5. The van der Waals surface area contributed by atoms with E-state index in [0.717, 1.165) is 6.07 Å². The molecule has 0 aliphatic carbocycles. The molecule has 4 aromatic rings. The molecule has 0 radical (unpaired) electrons. The molecule has 1 heterocycles. The Hall–Kier alpha value is -4.69. The highest BCUT2D eigenvalue weighted by molar-refractivity contribution is 5.99. The van der Waals surface area contributed by atoms with E-state index in [4.69, 9.17) is 23.7 Å². The van der Waals surface area contributed by atoms with Gasteiger partial charge in [0.15, 0.2) is 11.5 Å². The number of hydrogen-bond donors (Lipinski definition) is 2. The lowest BCUT2D eigenvalue weighted by atomic mass is 10.2. The zero-order valence-electron chi connectivity index (χ0n) is 23.2. The number of anilines is 2. The standard InChI is InChI=1S/C29H28F4N4O6/c1-3-40-11-13-42-26-16-24-21(15-25(26)41-12-10-39-2)27(35-17-34-24)43-20-7-4-18(5-8-20)36-28(38)37-19-6-9-23(30)22(14-19)29(31,32)33/h4-9,14-17H,3,10-13H2,1-2H3,(H2,36,37,38). The van der Waals surface area contributed by atoms with E-state index < -0.39 is 23.6 Å². The summed E-state index contributed by atoms with van der Waals surface area (Å²) in [7, 11) is 1.56. The number of aromatic nitrogens is 2. The van der Waals surface area contributed by atoms with Crippen molar-refractivity contribution in [3.8, 4) is 23.1 Å². The second-order valence-corrected chi connectivity index (χ2v) is 8.78. The van der Waals surface area contributed by atoms with Crippen molar-refractivity contribution in [1.29, 1.82) is 0 Å². The van der Waals surface area contributed by atoms with Crippen LogP contribution < -0.4 is 24.8 Å². The van der Waals surface area contributed by atoms with Gasteiger partial charge >= 0.3 is 12.2 Å². The predicted molar refractivity (Wildman–Crippen MR) is 149 cm³/mol. The van der Waals surface area contributed by atoms with E-state index >= 15 is 0 Å². The number of hydrogen-bond acceptors (Lipinski definition) is 8. The first-order chi connectivity index (χ1) is 20.7. The number of nitrogens with zero attached hydrogens (tertiary/aromatic N) is 2. The van der Waals surface area contributed by atoms with Crippen molar-refractivity contribution in [2.75, 3.05) is 50.8 Å². The van der Waals surface area contributed by atoms with E-state index in [0.29, 0.717) is 72.4 Å². The van der Waals surface area contributed by atoms with Gasteiger partial charge in [-0.15, -0.1) is 0 Å². The molecule has 0 fully saturated rings. The molecule has 14 heteroatoms. The Morgan fingerprint density at radius 3 is 2.23 bits per heavy atom. The molecule has 43 heavy (non-hydrogen) atoms. The van der Waals surface area contributed by atoms with E-state index in [-0.39, 0.29) is 18.2 Å². The van der Waals surface area contributed by atoms with Gasteiger partial charge in [-0.05, 0) is 55.5 Å². The highest BCUT2D eigenvalue weighted by Gasteiger charge is 2.34. The van der Waals surface area contributed by atoms with Crippen molar-refractivity contribution in [2.45, 2.75) is 13.1 Å². The fraction of sp³-hybridized carbons (Fsp3) is 0.276. The third-order valence-corrected chi connectivity index (χ3v) is 5.75. The second-order valence-electron chi connectivity index (χ2n) is 8.78. The summed E-state index contributed by atoms with van der Waals surface area (Å²) in [5.74, 6) is 0.0780. The van der Waals surface area contributed by atoms with E-state index in [1.807, 2.05) is 6.92 Å². The SMILES string of the molecule is CCOCCOc1cc2ncnc(Oc3ccc(NC(=O)Nc4ccc(F)c(C(F)(F)F)c4)cc3)c2cc1OCCOC. The molecule has 0 unspecified atom stereocenters. The van der Waals surface area contributed by atoms with Crippen LogP contribution >= 0.6 is 0 Å². The summed E-state index contributed by atoms with van der Waals surface area (Å²) in [4.78, 5) is 20.9. The van der Waals surface area contributed by atoms with Crippen LogP contribution in [0.1, 0.15) is 12.5 Å². The topological polar surface area (TPSA) is 113 Å². The van der Waals surface area contributed by atoms with Gasteiger partial charge in [0, 0.05) is 31.2 Å². The van der Waals surface area contributed by atoms with E-state index in [2.05, 4.69) is 20.6 Å². The van der Waals surface area contributed by atoms with Crippen LogP contribution in [0.2, 0.25) is 0 Å². The van der Waals surface area contributed by atoms with E-state index in [1.165, 1.54) is 18.5 Å². The van der Waals surface area contributed by atoms with Crippen molar-refractivity contribution in [3.05, 3.63) is 72.3 Å². The Kier molecular flexibility index (Phi) is 10.5. The summed E-state index contributed by atoms with van der Waals surface area (Å²) in [5, 5.41) is 5.29. The molecule has 2 amide bonds. The number of ether oxygens (including phenoxy) is 5. The van der Waals surface area contributed by atoms with Gasteiger partial charge < -0.3 is 34.3 Å². The Labute approximate surface area is 243 Å². The van der Waals surface area contributed by atoms with E-state index in [1.54, 1.807) is 31.4 Å². The van der Waals surface area contributed by atoms with Gasteiger partial charge in [0.25, 0.3) is 0 Å². The minimum Gasteiger partial charge on any atom is -0.487 e. The largest absolute Gasteiger partial charge is 0.487 e. The van der Waals surface area contributed by atoms with Gasteiger partial charge in [0.05, 0.1) is 29.7 Å². The molecule has 0 aliphatic heterocycles. The molecule has 3 aromatic carbocycles. The molecule has 0 spiro atoms. The first-order valence-corrected chi connectivity index (χ1v) is 13.0. The number of rotatable bonds is 13. The molecule has 4 rings (SSSR count). The fourth-order valence-electron chi connectivity index (χ4n) is 3.77. The number of amides is 2. The Morgan fingerprint density at radius 1 is 0.860 bits per heavy atom. The maximum Gasteiger partial charge on any atom is 0.419 e. The number of urea groups is 1. The molecule has 2 N–H and O–H groups in total. The highest BCUT2D eigenvalue weighted by atomic mass is 19.4. The molecule has 0 saturated heterocycles. The Balaban J connectivity index is 1.46. The normalized spacial score (nSPS) is 11.3. The summed E-state index contributed by atoms with van der Waals surface area (Å²) in [5.41, 5.74) is -0.851. The Bertz CT molecular complexity index is 1540. The average molecular weight is 605 g/mol. The van der Waals surface area contributed by atoms with Gasteiger partial charge in [-0.25, -0.2) is 19.2 Å². The molecule has 0 atom stereocenters. The smallest absolute Gasteiger partial charge is 0.419 e. The first-order valence-electron chi connectivity index (χ1n) is 13.0. The number of carbonyl (C=O) groups excluding carboxylic acids is 1. The van der Waals surface area contributed by atoms with Crippen molar-refractivity contribution in [1.82, 2.24) is 9.97 Å². The quantitative estimate of drug-likeness (QED) is 0.129. The molecule has 0 aliphatic rings. The lowest BCUT2D eigenvalue weighted by Crippen LogP contribution is -2.20. The summed E-state index contributed by atoms with van der Waals surface area (Å²) in [6, 6.07) is 10.9. The monoisotopic (exact) mass is 604 g/mol. The number of nitrogens with one attached hydrogen (secondary N) is 2. The van der Waals surface area contributed by atoms with Crippen LogP contribution in [0.25, 0.3) is 10.9 Å². The van der Waals surface area contributed by atoms with Crippen LogP contribution in [0.4, 0.5) is 33.7 Å². The van der Waals surface area contributed by atoms with Crippen molar-refractivity contribution in [3.63, 3.8) is 0 Å². The summed E-state index contributed by atoms with van der Waals surface area (Å²) < 4.78 is 80.4. The number of halogens is 4. The number of carbonyl (C=O) groups is 1. The van der Waals surface area contributed by atoms with Gasteiger partial charge in [-0.3, -0.25) is 0 Å². The zero-order valence-corrected chi connectivity index (χ0v) is 23.2. The molecular formula is C29H28F4N4O6. The summed E-state index contributed by atoms with van der Waals surface area (Å²) >= 11 is 0. The Morgan fingerprint density at radius 2 is 1.53 bits per heavy atom. The van der Waals surface area contributed by atoms with Crippen LogP contribution in [0.5, 0.6) is 23.1 Å². The number of fused-ring (bicyclic) bond motifs is 1. The number of benzene rings is 3. The maximum atomic E-state index is 13.5. The second kappa shape index (κ2) is 14.5. The van der Waals surface area contributed by atoms with Crippen molar-refractivity contribution < 1.29 is 46.0 Å². The van der Waals surface area contributed by atoms with Crippen LogP contribution in [0.3, 0.4) is 0 Å². The van der Waals surface area contributed by atoms with Crippen LogP contribution in [0.15, 0.2) is 60.9 Å². The minimum absolute atomic E-state index is 0.227. The lowest BCUT2D eigenvalue weighted by Gasteiger charge is -2.15. The highest BCUT2D eigenvalue weighted by Crippen LogP contribution is 2.37.